The summed E-state index contributed by atoms with van der Waals surface area (Å²) in [5.74, 6) is 1.15. The summed E-state index contributed by atoms with van der Waals surface area (Å²) in [5, 5.41) is 53.2. The summed E-state index contributed by atoms with van der Waals surface area (Å²) in [6, 6.07) is 0. The second-order valence-corrected chi connectivity index (χ2v) is 17.9. The Kier molecular flexibility index (Phi) is 7.71. The molecule has 0 unspecified atom stereocenters. The fourth-order valence-corrected chi connectivity index (χ4v) is 12.2. The van der Waals surface area contributed by atoms with Gasteiger partial charge in [-0.25, -0.2) is 0 Å². The van der Waals surface area contributed by atoms with Crippen LogP contribution in [0.3, 0.4) is 0 Å². The van der Waals surface area contributed by atoms with Gasteiger partial charge in [-0.2, -0.15) is 0 Å². The van der Waals surface area contributed by atoms with Gasteiger partial charge in [0.2, 0.25) is 0 Å². The normalized spacial score (nSPS) is 57.9. The van der Waals surface area contributed by atoms with Gasteiger partial charge in [-0.3, -0.25) is 0 Å². The van der Waals surface area contributed by atoms with Crippen molar-refractivity contribution in [2.75, 3.05) is 6.61 Å². The first kappa shape index (κ1) is 32.4. The lowest BCUT2D eigenvalue weighted by atomic mass is 9.33. The number of fused-ring (bicyclic) bond motifs is 7. The van der Waals surface area contributed by atoms with E-state index < -0.39 is 42.2 Å². The zero-order valence-electron chi connectivity index (χ0n) is 28.0. The molecule has 6 rings (SSSR count). The Labute approximate surface area is 259 Å². The van der Waals surface area contributed by atoms with E-state index >= 15 is 0 Å². The van der Waals surface area contributed by atoms with E-state index in [1.165, 1.54) is 0 Å². The van der Waals surface area contributed by atoms with E-state index in [1.807, 2.05) is 0 Å². The average Bonchev–Trinajstić information content (AvgIpc) is 2.94. The zero-order valence-corrected chi connectivity index (χ0v) is 28.0. The van der Waals surface area contributed by atoms with Gasteiger partial charge in [0.1, 0.15) is 18.3 Å². The number of ether oxygens (including phenoxy) is 2. The zero-order chi connectivity index (χ0) is 31.5. The molecule has 0 aromatic carbocycles. The monoisotopic (exact) mass is 604 g/mol. The summed E-state index contributed by atoms with van der Waals surface area (Å²) in [4.78, 5) is 0. The Morgan fingerprint density at radius 3 is 2.19 bits per heavy atom. The second-order valence-electron chi connectivity index (χ2n) is 17.9. The minimum Gasteiger partial charge on any atom is -0.396 e. The minimum absolute atomic E-state index is 0.0289. The Bertz CT molecular complexity index is 1120. The maximum absolute atomic E-state index is 11.1. The maximum Gasteiger partial charge on any atom is 0.186 e. The van der Waals surface area contributed by atoms with Crippen molar-refractivity contribution in [2.24, 2.45) is 50.2 Å². The van der Waals surface area contributed by atoms with Crippen LogP contribution in [0.25, 0.3) is 0 Å². The number of hydrogen-bond acceptors (Lipinski definition) is 7. The van der Waals surface area contributed by atoms with E-state index in [0.717, 1.165) is 57.8 Å². The molecule has 5 N–H and O–H groups in total. The lowest BCUT2D eigenvalue weighted by Crippen LogP contribution is -2.66. The Morgan fingerprint density at radius 2 is 1.51 bits per heavy atom. The number of rotatable bonds is 3. The molecule has 5 aliphatic carbocycles. The van der Waals surface area contributed by atoms with E-state index in [2.05, 4.69) is 54.5 Å². The molecule has 43 heavy (non-hydrogen) atoms. The maximum atomic E-state index is 11.1. The molecule has 5 fully saturated rings. The SMILES string of the molecule is C[C@@H]1O[C@@H](O[C@@H]2CC(C)(C)C[C@H]3C4=CC[C@@H]5[C@@]6(C)CC[C@H](O)[C@](C)(CO)[C@@H]6CC[C@@]5(C)[C@]4(C)CC[C@@]23C)[C@H](O)[C@H](O)[C@H]1O. The van der Waals surface area contributed by atoms with E-state index in [0.29, 0.717) is 17.8 Å². The molecule has 0 aromatic rings. The summed E-state index contributed by atoms with van der Waals surface area (Å²) in [6.07, 6.45) is 5.69. The molecule has 15 atom stereocenters. The molecule has 0 spiro atoms. The smallest absolute Gasteiger partial charge is 0.186 e. The van der Waals surface area contributed by atoms with Crippen molar-refractivity contribution in [3.63, 3.8) is 0 Å². The van der Waals surface area contributed by atoms with E-state index in [-0.39, 0.29) is 39.8 Å². The molecule has 4 saturated carbocycles. The van der Waals surface area contributed by atoms with Gasteiger partial charge in [0.05, 0.1) is 24.9 Å². The third-order valence-corrected chi connectivity index (χ3v) is 15.3. The van der Waals surface area contributed by atoms with Crippen LogP contribution in [-0.2, 0) is 9.47 Å². The molecule has 6 aliphatic rings. The lowest BCUT2D eigenvalue weighted by Gasteiger charge is -2.72. The highest BCUT2D eigenvalue weighted by atomic mass is 16.7. The number of allylic oxidation sites excluding steroid dienone is 2. The van der Waals surface area contributed by atoms with Crippen LogP contribution in [0.15, 0.2) is 11.6 Å². The topological polar surface area (TPSA) is 120 Å². The van der Waals surface area contributed by atoms with Crippen molar-refractivity contribution >= 4 is 0 Å². The molecule has 1 heterocycles. The summed E-state index contributed by atoms with van der Waals surface area (Å²) in [6.45, 7) is 18.5. The predicted molar refractivity (Wildman–Crippen MR) is 165 cm³/mol. The van der Waals surface area contributed by atoms with Gasteiger partial charge in [-0.1, -0.05) is 60.1 Å². The molecule has 7 nitrogen and oxygen atoms in total. The van der Waals surface area contributed by atoms with Gasteiger partial charge in [-0.05, 0) is 104 Å². The van der Waals surface area contributed by atoms with Crippen molar-refractivity contribution in [1.29, 1.82) is 0 Å². The second kappa shape index (κ2) is 10.2. The third kappa shape index (κ3) is 4.38. The minimum atomic E-state index is -1.30. The fraction of sp³-hybridized carbons (Fsp3) is 0.944. The average molecular weight is 605 g/mol. The van der Waals surface area contributed by atoms with Crippen LogP contribution in [0.4, 0.5) is 0 Å². The van der Waals surface area contributed by atoms with Crippen LogP contribution in [0.1, 0.15) is 113 Å². The molecular weight excluding hydrogens is 544 g/mol. The van der Waals surface area contributed by atoms with Crippen molar-refractivity contribution in [3.8, 4) is 0 Å². The van der Waals surface area contributed by atoms with Crippen molar-refractivity contribution in [2.45, 2.75) is 156 Å². The Morgan fingerprint density at radius 1 is 0.814 bits per heavy atom. The lowest BCUT2D eigenvalue weighted by molar-refractivity contribution is -0.323. The van der Waals surface area contributed by atoms with Crippen LogP contribution < -0.4 is 0 Å². The summed E-state index contributed by atoms with van der Waals surface area (Å²) in [5.41, 5.74) is 1.28. The summed E-state index contributed by atoms with van der Waals surface area (Å²) in [7, 11) is 0. The van der Waals surface area contributed by atoms with Crippen molar-refractivity contribution in [1.82, 2.24) is 0 Å². The van der Waals surface area contributed by atoms with E-state index in [1.54, 1.807) is 12.5 Å². The Hall–Kier alpha value is -0.540. The highest BCUT2D eigenvalue weighted by Crippen LogP contribution is 2.75. The highest BCUT2D eigenvalue weighted by molar-refractivity contribution is 5.34. The summed E-state index contributed by atoms with van der Waals surface area (Å²) >= 11 is 0. The van der Waals surface area contributed by atoms with Crippen LogP contribution in [0, 0.1) is 50.2 Å². The molecule has 0 aromatic heterocycles. The third-order valence-electron chi connectivity index (χ3n) is 15.3. The molecule has 7 heteroatoms. The van der Waals surface area contributed by atoms with Crippen LogP contribution in [-0.4, -0.2) is 75.1 Å². The predicted octanol–water partition coefficient (Wildman–Crippen LogP) is 4.96. The fourth-order valence-electron chi connectivity index (χ4n) is 12.2. The van der Waals surface area contributed by atoms with Gasteiger partial charge in [0.25, 0.3) is 0 Å². The first-order valence-corrected chi connectivity index (χ1v) is 17.2. The quantitative estimate of drug-likeness (QED) is 0.289. The van der Waals surface area contributed by atoms with Gasteiger partial charge >= 0.3 is 0 Å². The molecule has 1 aliphatic heterocycles. The molecule has 0 radical (unpaired) electrons. The van der Waals surface area contributed by atoms with E-state index in [9.17, 15) is 25.5 Å². The number of aliphatic hydroxyl groups excluding tert-OH is 5. The van der Waals surface area contributed by atoms with Crippen molar-refractivity contribution < 1.29 is 35.0 Å². The van der Waals surface area contributed by atoms with Crippen LogP contribution >= 0.6 is 0 Å². The largest absolute Gasteiger partial charge is 0.396 e. The van der Waals surface area contributed by atoms with Crippen LogP contribution in [0.5, 0.6) is 0 Å². The molecule has 0 amide bonds. The first-order chi connectivity index (χ1) is 19.9. The summed E-state index contributed by atoms with van der Waals surface area (Å²) < 4.78 is 12.7. The van der Waals surface area contributed by atoms with Crippen LogP contribution in [0.2, 0.25) is 0 Å². The van der Waals surface area contributed by atoms with E-state index in [4.69, 9.17) is 9.47 Å². The van der Waals surface area contributed by atoms with Gasteiger partial charge in [0.15, 0.2) is 6.29 Å². The standard InChI is InChI=1S/C36H60O7/c1-20-27(39)28(40)29(41)30(42-20)43-26-18-31(2,3)17-22-21-9-10-24-33(5)13-12-25(38)34(6,19-37)23(33)11-14-36(24,8)35(21,7)16-15-32(22,26)4/h9,20,22-30,37-41H,10-19H2,1-8H3/t20-,22-,23+,24+,25-,26+,27-,28+,29+,30-,32+,33-,34+,35+,36+/m0/s1. The molecule has 0 bridgehead atoms. The van der Waals surface area contributed by atoms with Gasteiger partial charge in [0, 0.05) is 10.8 Å². The number of aliphatic hydroxyl groups is 5. The molecule has 1 saturated heterocycles. The Balaban J connectivity index is 1.34. The first-order valence-electron chi connectivity index (χ1n) is 17.2. The van der Waals surface area contributed by atoms with Crippen molar-refractivity contribution in [3.05, 3.63) is 11.6 Å². The molecular formula is C36H60O7. The number of hydrogen-bond donors (Lipinski definition) is 5. The highest BCUT2D eigenvalue weighted by Gasteiger charge is 2.69. The molecule has 246 valence electrons. The van der Waals surface area contributed by atoms with Gasteiger partial charge in [-0.15, -0.1) is 0 Å². The van der Waals surface area contributed by atoms with Gasteiger partial charge < -0.3 is 35.0 Å².